The molecule has 2 aromatic carbocycles. The third-order valence-electron chi connectivity index (χ3n) is 4.12. The molecule has 0 bridgehead atoms. The summed E-state index contributed by atoms with van der Waals surface area (Å²) in [5, 5.41) is 14.3. The number of likely N-dealkylation sites (N-methyl/N-ethyl adjacent to an activating group) is 1. The minimum absolute atomic E-state index is 0.0559. The number of nitrogens with one attached hydrogen (secondary N) is 2. The molecule has 0 aromatic heterocycles. The van der Waals surface area contributed by atoms with Gasteiger partial charge in [-0.2, -0.15) is 0 Å². The number of nitrogens with zero attached hydrogens (tertiary/aromatic N) is 1. The van der Waals surface area contributed by atoms with Gasteiger partial charge < -0.3 is 25.4 Å². The summed E-state index contributed by atoms with van der Waals surface area (Å²) < 4.78 is 5.59. The van der Waals surface area contributed by atoms with Crippen LogP contribution in [0.25, 0.3) is 0 Å². The Balaban J connectivity index is 1.63. The van der Waals surface area contributed by atoms with Crippen LogP contribution < -0.4 is 20.3 Å². The molecule has 0 fully saturated rings. The van der Waals surface area contributed by atoms with Crippen LogP contribution in [0.2, 0.25) is 0 Å². The number of carboxylic acid groups (broad SMARTS) is 1. The van der Waals surface area contributed by atoms with Crippen molar-refractivity contribution in [3.8, 4) is 5.75 Å². The van der Waals surface area contributed by atoms with Crippen molar-refractivity contribution in [1.82, 2.24) is 0 Å². The van der Waals surface area contributed by atoms with Crippen LogP contribution in [0, 0.1) is 0 Å². The van der Waals surface area contributed by atoms with Gasteiger partial charge in [-0.15, -0.1) is 0 Å². The maximum Gasteiger partial charge on any atom is 0.323 e. The fraction of sp³-hybridized carbons (Fsp3) is 0.263. The first kappa shape index (κ1) is 17.6. The number of carbonyl (C=O) groups excluding carboxylic acids is 1. The van der Waals surface area contributed by atoms with Crippen LogP contribution in [0.1, 0.15) is 12.0 Å². The molecule has 0 spiro atoms. The SMILES string of the molecule is CN1CCOc2ccc(NC(=O)Nc3cccc(CCC(=O)O)c3)cc21. The molecule has 1 aliphatic heterocycles. The van der Waals surface area contributed by atoms with Crippen LogP contribution in [-0.4, -0.2) is 37.3 Å². The van der Waals surface area contributed by atoms with Crippen molar-refractivity contribution in [2.24, 2.45) is 0 Å². The van der Waals surface area contributed by atoms with E-state index in [9.17, 15) is 9.59 Å². The quantitative estimate of drug-likeness (QED) is 0.766. The molecule has 1 aliphatic rings. The number of rotatable bonds is 5. The van der Waals surface area contributed by atoms with E-state index >= 15 is 0 Å². The molecular formula is C19H21N3O4. The number of urea groups is 1. The number of hydrogen-bond donors (Lipinski definition) is 3. The fourth-order valence-corrected chi connectivity index (χ4v) is 2.78. The molecule has 0 saturated carbocycles. The first-order chi connectivity index (χ1) is 12.5. The zero-order valence-electron chi connectivity index (χ0n) is 14.5. The second-order valence-electron chi connectivity index (χ2n) is 6.13. The maximum absolute atomic E-state index is 12.2. The number of ether oxygens (including phenoxy) is 1. The van der Waals surface area contributed by atoms with Crippen LogP contribution in [0.4, 0.5) is 21.9 Å². The van der Waals surface area contributed by atoms with Crippen LogP contribution in [-0.2, 0) is 11.2 Å². The Morgan fingerprint density at radius 1 is 1.15 bits per heavy atom. The highest BCUT2D eigenvalue weighted by Gasteiger charge is 2.15. The summed E-state index contributed by atoms with van der Waals surface area (Å²) in [6.07, 6.45) is 0.476. The van der Waals surface area contributed by atoms with E-state index in [0.29, 0.717) is 24.4 Å². The number of aliphatic carboxylic acids is 1. The minimum Gasteiger partial charge on any atom is -0.490 e. The lowest BCUT2D eigenvalue weighted by Gasteiger charge is -2.28. The van der Waals surface area contributed by atoms with E-state index in [-0.39, 0.29) is 12.5 Å². The van der Waals surface area contributed by atoms with Crippen LogP contribution >= 0.6 is 0 Å². The first-order valence-corrected chi connectivity index (χ1v) is 8.38. The van der Waals surface area contributed by atoms with Crippen LogP contribution in [0.5, 0.6) is 5.75 Å². The van der Waals surface area contributed by atoms with Gasteiger partial charge in [0.15, 0.2) is 0 Å². The Morgan fingerprint density at radius 3 is 2.69 bits per heavy atom. The second kappa shape index (κ2) is 7.77. The average Bonchev–Trinajstić information content (AvgIpc) is 2.61. The Labute approximate surface area is 151 Å². The van der Waals surface area contributed by atoms with Crippen molar-refractivity contribution in [2.45, 2.75) is 12.8 Å². The zero-order chi connectivity index (χ0) is 18.5. The smallest absolute Gasteiger partial charge is 0.323 e. The number of carbonyl (C=O) groups is 2. The van der Waals surface area contributed by atoms with Crippen LogP contribution in [0.3, 0.4) is 0 Å². The summed E-state index contributed by atoms with van der Waals surface area (Å²) in [7, 11) is 1.98. The molecule has 3 N–H and O–H groups in total. The maximum atomic E-state index is 12.2. The number of fused-ring (bicyclic) bond motifs is 1. The van der Waals surface area contributed by atoms with Gasteiger partial charge in [0.25, 0.3) is 0 Å². The first-order valence-electron chi connectivity index (χ1n) is 8.38. The molecule has 7 heteroatoms. The Hall–Kier alpha value is -3.22. The van der Waals surface area contributed by atoms with Gasteiger partial charge in [0, 0.05) is 24.8 Å². The van der Waals surface area contributed by atoms with Gasteiger partial charge in [0.05, 0.1) is 12.2 Å². The van der Waals surface area contributed by atoms with Crippen molar-refractivity contribution in [3.63, 3.8) is 0 Å². The molecule has 0 unspecified atom stereocenters. The summed E-state index contributed by atoms with van der Waals surface area (Å²) in [5.41, 5.74) is 3.08. The fourth-order valence-electron chi connectivity index (χ4n) is 2.78. The van der Waals surface area contributed by atoms with E-state index in [1.165, 1.54) is 0 Å². The summed E-state index contributed by atoms with van der Waals surface area (Å²) in [6, 6.07) is 12.3. The average molecular weight is 355 g/mol. The van der Waals surface area contributed by atoms with Crippen molar-refractivity contribution < 1.29 is 19.4 Å². The highest BCUT2D eigenvalue weighted by Crippen LogP contribution is 2.33. The molecule has 0 radical (unpaired) electrons. The molecule has 136 valence electrons. The minimum atomic E-state index is -0.845. The third-order valence-corrected chi connectivity index (χ3v) is 4.12. The molecule has 1 heterocycles. The van der Waals surface area contributed by atoms with Gasteiger partial charge in [-0.25, -0.2) is 4.79 Å². The normalized spacial score (nSPS) is 12.7. The number of aryl methyl sites for hydroxylation is 1. The van der Waals surface area contributed by atoms with E-state index in [1.54, 1.807) is 24.3 Å². The lowest BCUT2D eigenvalue weighted by atomic mass is 10.1. The van der Waals surface area contributed by atoms with Gasteiger partial charge in [-0.1, -0.05) is 12.1 Å². The van der Waals surface area contributed by atoms with E-state index < -0.39 is 5.97 Å². The largest absolute Gasteiger partial charge is 0.490 e. The van der Waals surface area contributed by atoms with E-state index in [4.69, 9.17) is 9.84 Å². The summed E-state index contributed by atoms with van der Waals surface area (Å²) in [5.74, 6) is -0.0432. The Kier molecular flexibility index (Phi) is 5.26. The standard InChI is InChI=1S/C19H21N3O4/c1-22-9-10-26-17-7-6-15(12-16(17)22)21-19(25)20-14-4-2-3-13(11-14)5-8-18(23)24/h2-4,6-7,11-12H,5,8-10H2,1H3,(H,23,24)(H2,20,21,25). The molecular weight excluding hydrogens is 334 g/mol. The summed E-state index contributed by atoms with van der Waals surface area (Å²) >= 11 is 0. The molecule has 26 heavy (non-hydrogen) atoms. The van der Waals surface area contributed by atoms with Gasteiger partial charge in [0.2, 0.25) is 0 Å². The number of carboxylic acids is 1. The van der Waals surface area contributed by atoms with Gasteiger partial charge in [-0.3, -0.25) is 4.79 Å². The molecule has 3 rings (SSSR count). The van der Waals surface area contributed by atoms with Crippen molar-refractivity contribution in [2.75, 3.05) is 35.7 Å². The Morgan fingerprint density at radius 2 is 1.92 bits per heavy atom. The number of hydrogen-bond acceptors (Lipinski definition) is 4. The van der Waals surface area contributed by atoms with Crippen molar-refractivity contribution in [1.29, 1.82) is 0 Å². The molecule has 0 aliphatic carbocycles. The van der Waals surface area contributed by atoms with E-state index in [0.717, 1.165) is 23.5 Å². The predicted octanol–water partition coefficient (Wildman–Crippen LogP) is 3.18. The topological polar surface area (TPSA) is 90.9 Å². The number of benzene rings is 2. The number of anilines is 3. The van der Waals surface area contributed by atoms with Crippen molar-refractivity contribution >= 4 is 29.1 Å². The summed E-state index contributed by atoms with van der Waals surface area (Å²) in [4.78, 5) is 25.0. The number of amides is 2. The van der Waals surface area contributed by atoms with Gasteiger partial charge in [0.1, 0.15) is 12.4 Å². The van der Waals surface area contributed by atoms with E-state index in [2.05, 4.69) is 15.5 Å². The van der Waals surface area contributed by atoms with Gasteiger partial charge in [-0.05, 0) is 42.3 Å². The van der Waals surface area contributed by atoms with Crippen molar-refractivity contribution in [3.05, 3.63) is 48.0 Å². The lowest BCUT2D eigenvalue weighted by molar-refractivity contribution is -0.136. The third kappa shape index (κ3) is 4.44. The lowest BCUT2D eigenvalue weighted by Crippen LogP contribution is -2.29. The Bertz CT molecular complexity index is 822. The second-order valence-corrected chi connectivity index (χ2v) is 6.13. The monoisotopic (exact) mass is 355 g/mol. The molecule has 0 saturated heterocycles. The molecule has 2 amide bonds. The molecule has 0 atom stereocenters. The molecule has 7 nitrogen and oxygen atoms in total. The van der Waals surface area contributed by atoms with Crippen LogP contribution in [0.15, 0.2) is 42.5 Å². The molecule has 2 aromatic rings. The summed E-state index contributed by atoms with van der Waals surface area (Å²) in [6.45, 7) is 1.45. The highest BCUT2D eigenvalue weighted by molar-refractivity contribution is 6.00. The predicted molar refractivity (Wildman–Crippen MR) is 100 cm³/mol. The zero-order valence-corrected chi connectivity index (χ0v) is 14.5. The van der Waals surface area contributed by atoms with E-state index in [1.807, 2.05) is 25.2 Å². The highest BCUT2D eigenvalue weighted by atomic mass is 16.5. The van der Waals surface area contributed by atoms with Gasteiger partial charge >= 0.3 is 12.0 Å².